The molecule has 2 N–H and O–H groups in total. The summed E-state index contributed by atoms with van der Waals surface area (Å²) in [6.07, 6.45) is 7.19. The Bertz CT molecular complexity index is 1600. The maximum absolute atomic E-state index is 11.8. The molecule has 14 heteroatoms. The number of sulfonamides is 1. The molecule has 37 heavy (non-hydrogen) atoms. The highest BCUT2D eigenvalue weighted by Crippen LogP contribution is 2.31. The van der Waals surface area contributed by atoms with Crippen LogP contribution in [-0.4, -0.2) is 84.1 Å². The molecule has 1 fully saturated rings. The minimum Gasteiger partial charge on any atom is -0.390 e. The molecule has 0 bridgehead atoms. The van der Waals surface area contributed by atoms with E-state index in [1.54, 1.807) is 34.0 Å². The van der Waals surface area contributed by atoms with Gasteiger partial charge in [0.15, 0.2) is 11.5 Å². The summed E-state index contributed by atoms with van der Waals surface area (Å²) in [7, 11) is -3.37. The van der Waals surface area contributed by atoms with Crippen molar-refractivity contribution in [3.63, 3.8) is 0 Å². The second-order valence-corrected chi connectivity index (χ2v) is 11.3. The maximum Gasteiger partial charge on any atom is 0.211 e. The summed E-state index contributed by atoms with van der Waals surface area (Å²) in [4.78, 5) is 8.96. The molecule has 2 atom stereocenters. The van der Waals surface area contributed by atoms with Gasteiger partial charge in [0.25, 0.3) is 0 Å². The topological polar surface area (TPSA) is 168 Å². The van der Waals surface area contributed by atoms with Crippen LogP contribution in [0.4, 0.5) is 5.69 Å². The molecule has 5 rings (SSSR count). The van der Waals surface area contributed by atoms with E-state index in [2.05, 4.69) is 36.8 Å². The van der Waals surface area contributed by atoms with Crippen LogP contribution >= 0.6 is 0 Å². The number of nitrogens with one attached hydrogen (secondary N) is 1. The average molecular weight is 523 g/mol. The molecule has 1 aliphatic rings. The third-order valence-electron chi connectivity index (χ3n) is 6.19. The van der Waals surface area contributed by atoms with E-state index in [1.807, 2.05) is 19.9 Å². The number of piperidine rings is 1. The molecule has 4 aromatic heterocycles. The number of hydrogen-bond donors (Lipinski definition) is 2. The molecule has 4 aromatic rings. The van der Waals surface area contributed by atoms with Crippen molar-refractivity contribution in [2.45, 2.75) is 38.5 Å². The lowest BCUT2D eigenvalue weighted by Gasteiger charge is -2.34. The first-order chi connectivity index (χ1) is 17.6. The zero-order valence-corrected chi connectivity index (χ0v) is 21.3. The normalized spacial score (nSPS) is 18.8. The van der Waals surface area contributed by atoms with E-state index in [0.717, 1.165) is 17.3 Å². The van der Waals surface area contributed by atoms with Gasteiger partial charge in [-0.15, -0.1) is 5.10 Å². The van der Waals surface area contributed by atoms with Crippen molar-refractivity contribution in [3.8, 4) is 23.1 Å². The molecule has 0 saturated carbocycles. The number of fused-ring (bicyclic) bond motifs is 1. The summed E-state index contributed by atoms with van der Waals surface area (Å²) >= 11 is 0. The fourth-order valence-electron chi connectivity index (χ4n) is 4.41. The molecule has 192 valence electrons. The minimum absolute atomic E-state index is 0.0107. The molecular formula is C23H26N10O3S. The van der Waals surface area contributed by atoms with Gasteiger partial charge in [0.05, 0.1) is 36.4 Å². The molecular weight excluding hydrogens is 496 g/mol. The van der Waals surface area contributed by atoms with E-state index in [-0.39, 0.29) is 12.6 Å². The Morgan fingerprint density at radius 2 is 2.03 bits per heavy atom. The van der Waals surface area contributed by atoms with E-state index >= 15 is 0 Å². The third-order valence-corrected chi connectivity index (χ3v) is 7.46. The van der Waals surface area contributed by atoms with Crippen LogP contribution in [0, 0.1) is 11.3 Å². The molecule has 1 saturated heterocycles. The predicted molar refractivity (Wildman–Crippen MR) is 135 cm³/mol. The number of β-amino-alcohol motifs (C(OH)–C–C–N with tert-alkyl or cyclic N) is 1. The van der Waals surface area contributed by atoms with Gasteiger partial charge in [-0.25, -0.2) is 23.1 Å². The highest BCUT2D eigenvalue weighted by molar-refractivity contribution is 7.88. The van der Waals surface area contributed by atoms with Crippen LogP contribution in [0.5, 0.6) is 0 Å². The summed E-state index contributed by atoms with van der Waals surface area (Å²) in [5.41, 5.74) is 3.06. The van der Waals surface area contributed by atoms with Gasteiger partial charge >= 0.3 is 0 Å². The lowest BCUT2D eigenvalue weighted by molar-refractivity contribution is 0.0514. The number of aromatic nitrogens is 7. The molecule has 13 nitrogen and oxygen atoms in total. The van der Waals surface area contributed by atoms with Gasteiger partial charge in [0, 0.05) is 54.2 Å². The van der Waals surface area contributed by atoms with Crippen molar-refractivity contribution in [3.05, 3.63) is 42.5 Å². The largest absolute Gasteiger partial charge is 0.390 e. The first-order valence-electron chi connectivity index (χ1n) is 11.7. The van der Waals surface area contributed by atoms with Crippen LogP contribution in [0.25, 0.3) is 28.1 Å². The van der Waals surface area contributed by atoms with Gasteiger partial charge in [0.1, 0.15) is 11.8 Å². The summed E-state index contributed by atoms with van der Waals surface area (Å²) in [6.45, 7) is 4.34. The van der Waals surface area contributed by atoms with Crippen molar-refractivity contribution in [1.82, 2.24) is 39.0 Å². The Morgan fingerprint density at radius 1 is 1.22 bits per heavy atom. The maximum atomic E-state index is 11.8. The van der Waals surface area contributed by atoms with Gasteiger partial charge in [-0.1, -0.05) is 5.21 Å². The smallest absolute Gasteiger partial charge is 0.211 e. The van der Waals surface area contributed by atoms with Crippen molar-refractivity contribution in [1.29, 1.82) is 5.26 Å². The highest BCUT2D eigenvalue weighted by Gasteiger charge is 2.33. The van der Waals surface area contributed by atoms with Crippen LogP contribution in [0.15, 0.2) is 36.9 Å². The van der Waals surface area contributed by atoms with E-state index in [9.17, 15) is 13.5 Å². The van der Waals surface area contributed by atoms with Crippen LogP contribution in [-0.2, 0) is 10.0 Å². The predicted octanol–water partition coefficient (Wildman–Crippen LogP) is 1.33. The molecule has 0 aromatic carbocycles. The molecule has 0 amide bonds. The van der Waals surface area contributed by atoms with Crippen molar-refractivity contribution in [2.75, 3.05) is 24.7 Å². The Kier molecular flexibility index (Phi) is 6.36. The Hall–Kier alpha value is -3.93. The zero-order chi connectivity index (χ0) is 26.3. The van der Waals surface area contributed by atoms with Crippen molar-refractivity contribution in [2.24, 2.45) is 0 Å². The number of hydrogen-bond acceptors (Lipinski definition) is 10. The van der Waals surface area contributed by atoms with E-state index < -0.39 is 22.2 Å². The summed E-state index contributed by atoms with van der Waals surface area (Å²) in [5, 5.41) is 36.9. The van der Waals surface area contributed by atoms with E-state index in [0.29, 0.717) is 41.3 Å². The van der Waals surface area contributed by atoms with Gasteiger partial charge in [-0.2, -0.15) is 19.3 Å². The van der Waals surface area contributed by atoms with Crippen molar-refractivity contribution < 1.29 is 13.5 Å². The van der Waals surface area contributed by atoms with Gasteiger partial charge in [-0.05, 0) is 26.3 Å². The number of aliphatic hydroxyl groups is 1. The lowest BCUT2D eigenvalue weighted by Crippen LogP contribution is -2.46. The van der Waals surface area contributed by atoms with Gasteiger partial charge in [-0.3, -0.25) is 0 Å². The Balaban J connectivity index is 1.47. The zero-order valence-electron chi connectivity index (χ0n) is 20.5. The summed E-state index contributed by atoms with van der Waals surface area (Å²) in [5.74, 6) is 0.537. The first kappa shape index (κ1) is 24.8. The number of aliphatic hydroxyl groups excluding tert-OH is 1. The van der Waals surface area contributed by atoms with Gasteiger partial charge in [0.2, 0.25) is 10.0 Å². The van der Waals surface area contributed by atoms with Crippen molar-refractivity contribution >= 4 is 26.7 Å². The average Bonchev–Trinajstić information content (AvgIpc) is 3.50. The second kappa shape index (κ2) is 9.51. The Morgan fingerprint density at radius 3 is 2.73 bits per heavy atom. The number of nitriles is 1. The van der Waals surface area contributed by atoms with E-state index in [1.165, 1.54) is 10.5 Å². The number of nitrogens with zero attached hydrogens (tertiary/aromatic N) is 9. The van der Waals surface area contributed by atoms with Crippen LogP contribution in [0.2, 0.25) is 0 Å². The molecule has 1 aliphatic heterocycles. The lowest BCUT2D eigenvalue weighted by atomic mass is 10.0. The fourth-order valence-corrected chi connectivity index (χ4v) is 5.27. The molecule has 5 heterocycles. The molecule has 0 radical (unpaired) electrons. The quantitative estimate of drug-likeness (QED) is 0.377. The summed E-state index contributed by atoms with van der Waals surface area (Å²) in [6, 6.07) is 5.36. The number of rotatable bonds is 6. The molecule has 0 unspecified atom stereocenters. The minimum atomic E-state index is -3.37. The SMILES string of the molecule is CC(C)Nc1cc(-n2ncc3cc(C#N)cnc32)ncc1-c1cn([C@@H]2CCN(S(C)(=O)=O)C[C@@H]2O)nn1. The third kappa shape index (κ3) is 4.88. The van der Waals surface area contributed by atoms with Gasteiger partial charge < -0.3 is 10.4 Å². The molecule has 0 aliphatic carbocycles. The van der Waals surface area contributed by atoms with E-state index in [4.69, 9.17) is 5.26 Å². The second-order valence-electron chi connectivity index (χ2n) is 9.32. The fraction of sp³-hybridized carbons (Fsp3) is 0.391. The Labute approximate surface area is 213 Å². The standard InChI is InChI=1S/C23H26N10O3S/c1-14(2)28-18-7-22(33-23-16(10-27-33)6-15(8-24)9-26-23)25-11-17(18)19-12-32(30-29-19)20-4-5-31(13-21(20)34)37(3,35)36/h6-7,9-12,14,20-21,34H,4-5,13H2,1-3H3,(H,25,28)/t20-,21+/m1/s1. The number of pyridine rings is 2. The molecule has 0 spiro atoms. The van der Waals surface area contributed by atoms with Crippen LogP contribution in [0.1, 0.15) is 31.9 Å². The van der Waals surface area contributed by atoms with Crippen LogP contribution < -0.4 is 5.32 Å². The monoisotopic (exact) mass is 522 g/mol. The highest BCUT2D eigenvalue weighted by atomic mass is 32.2. The summed E-state index contributed by atoms with van der Waals surface area (Å²) < 4.78 is 28.2. The van der Waals surface area contributed by atoms with Crippen LogP contribution in [0.3, 0.4) is 0 Å². The number of anilines is 1. The first-order valence-corrected chi connectivity index (χ1v) is 13.5.